The lowest BCUT2D eigenvalue weighted by atomic mass is 9.96. The molecular weight excluding hydrogens is 462 g/mol. The van der Waals surface area contributed by atoms with E-state index in [1.807, 2.05) is 6.07 Å². The molecule has 4 nitrogen and oxygen atoms in total. The SMILES string of the molecule is CN=C(NCc1nc(C(C)C)cs1)NCC1(c2cccc(F)c2)CC1.I. The first-order valence-corrected chi connectivity index (χ1v) is 9.55. The van der Waals surface area contributed by atoms with Gasteiger partial charge in [0.25, 0.3) is 0 Å². The van der Waals surface area contributed by atoms with Crippen LogP contribution in [0.3, 0.4) is 0 Å². The molecule has 1 saturated carbocycles. The van der Waals surface area contributed by atoms with Gasteiger partial charge in [-0.25, -0.2) is 9.37 Å². The van der Waals surface area contributed by atoms with Crippen molar-refractivity contribution in [2.45, 2.75) is 44.6 Å². The minimum atomic E-state index is -0.170. The monoisotopic (exact) mass is 488 g/mol. The average molecular weight is 488 g/mol. The number of halogens is 2. The molecule has 0 amide bonds. The van der Waals surface area contributed by atoms with Crippen LogP contribution < -0.4 is 10.6 Å². The van der Waals surface area contributed by atoms with Crippen LogP contribution in [0.5, 0.6) is 0 Å². The van der Waals surface area contributed by atoms with Crippen LogP contribution in [0.25, 0.3) is 0 Å². The van der Waals surface area contributed by atoms with Crippen LogP contribution >= 0.6 is 35.3 Å². The Bertz CT molecular complexity index is 756. The van der Waals surface area contributed by atoms with Gasteiger partial charge in [0, 0.05) is 24.4 Å². The van der Waals surface area contributed by atoms with E-state index < -0.39 is 0 Å². The van der Waals surface area contributed by atoms with E-state index in [2.05, 4.69) is 39.8 Å². The lowest BCUT2D eigenvalue weighted by Gasteiger charge is -2.19. The van der Waals surface area contributed by atoms with Crippen molar-refractivity contribution in [3.05, 3.63) is 51.7 Å². The predicted octanol–water partition coefficient (Wildman–Crippen LogP) is 4.42. The Kier molecular flexibility index (Phi) is 7.40. The molecule has 26 heavy (non-hydrogen) atoms. The van der Waals surface area contributed by atoms with Crippen molar-refractivity contribution in [1.29, 1.82) is 0 Å². The van der Waals surface area contributed by atoms with Crippen molar-refractivity contribution in [1.82, 2.24) is 15.6 Å². The summed E-state index contributed by atoms with van der Waals surface area (Å²) in [5.41, 5.74) is 2.23. The molecule has 0 spiro atoms. The normalized spacial score (nSPS) is 15.5. The molecule has 0 atom stereocenters. The second kappa shape index (κ2) is 9.12. The lowest BCUT2D eigenvalue weighted by molar-refractivity contribution is 0.607. The molecule has 1 fully saturated rings. The lowest BCUT2D eigenvalue weighted by Crippen LogP contribution is -2.40. The largest absolute Gasteiger partial charge is 0.356 e. The van der Waals surface area contributed by atoms with Gasteiger partial charge < -0.3 is 10.6 Å². The van der Waals surface area contributed by atoms with Gasteiger partial charge in [-0.05, 0) is 36.5 Å². The summed E-state index contributed by atoms with van der Waals surface area (Å²) in [4.78, 5) is 8.91. The fraction of sp³-hybridized carbons (Fsp3) is 0.474. The first-order valence-electron chi connectivity index (χ1n) is 8.67. The fourth-order valence-electron chi connectivity index (χ4n) is 2.84. The van der Waals surface area contributed by atoms with E-state index in [1.54, 1.807) is 30.5 Å². The second-order valence-corrected chi connectivity index (χ2v) is 7.83. The average Bonchev–Trinajstić information content (AvgIpc) is 3.24. The smallest absolute Gasteiger partial charge is 0.191 e. The zero-order valence-electron chi connectivity index (χ0n) is 15.4. The van der Waals surface area contributed by atoms with Gasteiger partial charge in [-0.3, -0.25) is 4.99 Å². The molecular formula is C19H26FIN4S. The van der Waals surface area contributed by atoms with Gasteiger partial charge in [0.15, 0.2) is 5.96 Å². The zero-order valence-corrected chi connectivity index (χ0v) is 18.5. The minimum Gasteiger partial charge on any atom is -0.356 e. The molecule has 1 aromatic carbocycles. The topological polar surface area (TPSA) is 49.3 Å². The van der Waals surface area contributed by atoms with E-state index in [1.165, 1.54) is 6.07 Å². The molecule has 1 aliphatic carbocycles. The van der Waals surface area contributed by atoms with E-state index in [4.69, 9.17) is 0 Å². The third-order valence-corrected chi connectivity index (χ3v) is 5.54. The van der Waals surface area contributed by atoms with E-state index in [0.717, 1.165) is 41.6 Å². The second-order valence-electron chi connectivity index (χ2n) is 6.89. The molecule has 142 valence electrons. The van der Waals surface area contributed by atoms with E-state index in [-0.39, 0.29) is 35.2 Å². The maximum Gasteiger partial charge on any atom is 0.191 e. The third-order valence-electron chi connectivity index (χ3n) is 4.68. The summed E-state index contributed by atoms with van der Waals surface area (Å²) in [6, 6.07) is 6.93. The standard InChI is InChI=1S/C19H25FN4S.HI/c1-13(2)16-11-25-17(24-16)10-22-18(21-3)23-12-19(7-8-19)14-5-4-6-15(20)9-14;/h4-6,9,11,13H,7-8,10,12H2,1-3H3,(H2,21,22,23);1H. The van der Waals surface area contributed by atoms with Crippen molar-refractivity contribution >= 4 is 41.3 Å². The van der Waals surface area contributed by atoms with Crippen molar-refractivity contribution in [3.8, 4) is 0 Å². The zero-order chi connectivity index (χ0) is 17.9. The van der Waals surface area contributed by atoms with Crippen molar-refractivity contribution in [2.75, 3.05) is 13.6 Å². The molecule has 1 aliphatic rings. The number of hydrogen-bond donors (Lipinski definition) is 2. The van der Waals surface area contributed by atoms with E-state index >= 15 is 0 Å². The molecule has 3 rings (SSSR count). The van der Waals surface area contributed by atoms with Gasteiger partial charge in [-0.15, -0.1) is 35.3 Å². The molecule has 0 saturated heterocycles. The molecule has 1 heterocycles. The Balaban J connectivity index is 0.00000243. The van der Waals surface area contributed by atoms with Crippen LogP contribution in [0.1, 0.15) is 48.9 Å². The minimum absolute atomic E-state index is 0. The summed E-state index contributed by atoms with van der Waals surface area (Å²) in [6.07, 6.45) is 2.15. The molecule has 0 radical (unpaired) electrons. The highest BCUT2D eigenvalue weighted by molar-refractivity contribution is 14.0. The quantitative estimate of drug-likeness (QED) is 0.360. The maximum atomic E-state index is 13.5. The Morgan fingerprint density at radius 2 is 2.12 bits per heavy atom. The highest BCUT2D eigenvalue weighted by Crippen LogP contribution is 2.47. The molecule has 0 unspecified atom stereocenters. The first kappa shape index (κ1) is 21.1. The van der Waals surface area contributed by atoms with Crippen LogP contribution in [0.15, 0.2) is 34.6 Å². The number of rotatable bonds is 6. The Labute approximate surface area is 175 Å². The molecule has 0 aliphatic heterocycles. The Hall–Kier alpha value is -1.22. The number of nitrogens with one attached hydrogen (secondary N) is 2. The highest BCUT2D eigenvalue weighted by Gasteiger charge is 2.44. The number of aromatic nitrogens is 1. The third kappa shape index (κ3) is 5.16. The van der Waals surface area contributed by atoms with E-state index in [9.17, 15) is 4.39 Å². The molecule has 0 bridgehead atoms. The predicted molar refractivity (Wildman–Crippen MR) is 117 cm³/mol. The van der Waals surface area contributed by atoms with Gasteiger partial charge in [-0.2, -0.15) is 0 Å². The fourth-order valence-corrected chi connectivity index (χ4v) is 3.74. The molecule has 7 heteroatoms. The summed E-state index contributed by atoms with van der Waals surface area (Å²) in [6.45, 7) is 5.71. The van der Waals surface area contributed by atoms with Gasteiger partial charge >= 0.3 is 0 Å². The Morgan fingerprint density at radius 1 is 1.35 bits per heavy atom. The number of benzene rings is 1. The number of aliphatic imine (C=N–C) groups is 1. The van der Waals surface area contributed by atoms with Crippen LogP contribution in [-0.4, -0.2) is 24.5 Å². The van der Waals surface area contributed by atoms with Crippen LogP contribution in [-0.2, 0) is 12.0 Å². The summed E-state index contributed by atoms with van der Waals surface area (Å²) < 4.78 is 13.5. The van der Waals surface area contributed by atoms with Crippen LogP contribution in [0, 0.1) is 5.82 Å². The van der Waals surface area contributed by atoms with Crippen molar-refractivity contribution < 1.29 is 4.39 Å². The summed E-state index contributed by atoms with van der Waals surface area (Å²) in [5, 5.41) is 9.86. The number of hydrogen-bond acceptors (Lipinski definition) is 3. The van der Waals surface area contributed by atoms with Crippen molar-refractivity contribution in [2.24, 2.45) is 4.99 Å². The van der Waals surface area contributed by atoms with Gasteiger partial charge in [-0.1, -0.05) is 26.0 Å². The van der Waals surface area contributed by atoms with Gasteiger partial charge in [0.2, 0.25) is 0 Å². The molecule has 2 aromatic rings. The Morgan fingerprint density at radius 3 is 2.69 bits per heavy atom. The van der Waals surface area contributed by atoms with Crippen LogP contribution in [0.4, 0.5) is 4.39 Å². The highest BCUT2D eigenvalue weighted by atomic mass is 127. The van der Waals surface area contributed by atoms with E-state index in [0.29, 0.717) is 12.5 Å². The summed E-state index contributed by atoms with van der Waals surface area (Å²) >= 11 is 1.67. The summed E-state index contributed by atoms with van der Waals surface area (Å²) in [5.74, 6) is 1.03. The number of guanidine groups is 1. The summed E-state index contributed by atoms with van der Waals surface area (Å²) in [7, 11) is 1.76. The first-order chi connectivity index (χ1) is 12.0. The molecule has 2 N–H and O–H groups in total. The molecule has 1 aromatic heterocycles. The van der Waals surface area contributed by atoms with Gasteiger partial charge in [0.1, 0.15) is 10.8 Å². The maximum absolute atomic E-state index is 13.5. The number of thiazole rings is 1. The number of nitrogens with zero attached hydrogens (tertiary/aromatic N) is 2. The van der Waals surface area contributed by atoms with Crippen LogP contribution in [0.2, 0.25) is 0 Å². The van der Waals surface area contributed by atoms with Crippen molar-refractivity contribution in [3.63, 3.8) is 0 Å². The van der Waals surface area contributed by atoms with Gasteiger partial charge in [0.05, 0.1) is 12.2 Å².